The number of urea groups is 1. The number of hydrogen-bond acceptors (Lipinski definition) is 3. The minimum atomic E-state index is -3.53. The van der Waals surface area contributed by atoms with Crippen LogP contribution in [0.25, 0.3) is 0 Å². The molecular weight excluding hydrogens is 290 g/mol. The number of anilines is 1. The van der Waals surface area contributed by atoms with Gasteiger partial charge in [0, 0.05) is 11.7 Å². The molecule has 3 N–H and O–H groups in total. The summed E-state index contributed by atoms with van der Waals surface area (Å²) in [7, 11) is -2.18. The molecule has 0 saturated carbocycles. The maximum Gasteiger partial charge on any atom is 0.319 e. The zero-order valence-electron chi connectivity index (χ0n) is 13.0. The Labute approximate surface area is 126 Å². The quantitative estimate of drug-likeness (QED) is 0.777. The van der Waals surface area contributed by atoms with E-state index in [4.69, 9.17) is 0 Å². The van der Waals surface area contributed by atoms with E-state index < -0.39 is 10.0 Å². The summed E-state index contributed by atoms with van der Waals surface area (Å²) in [5.74, 6) is 0.313. The third-order valence-corrected chi connectivity index (χ3v) is 4.81. The van der Waals surface area contributed by atoms with E-state index >= 15 is 0 Å². The van der Waals surface area contributed by atoms with Crippen molar-refractivity contribution < 1.29 is 13.2 Å². The fourth-order valence-electron chi connectivity index (χ4n) is 1.55. The minimum Gasteiger partial charge on any atom is -0.335 e. The number of nitrogens with one attached hydrogen (secondary N) is 3. The van der Waals surface area contributed by atoms with Crippen molar-refractivity contribution in [1.82, 2.24) is 10.0 Å². The Morgan fingerprint density at radius 2 is 1.81 bits per heavy atom. The molecule has 0 saturated heterocycles. The smallest absolute Gasteiger partial charge is 0.319 e. The van der Waals surface area contributed by atoms with E-state index in [-0.39, 0.29) is 17.0 Å². The van der Waals surface area contributed by atoms with Gasteiger partial charge < -0.3 is 10.6 Å². The summed E-state index contributed by atoms with van der Waals surface area (Å²) in [6, 6.07) is 4.28. The van der Waals surface area contributed by atoms with Gasteiger partial charge in [0.15, 0.2) is 0 Å². The van der Waals surface area contributed by atoms with Gasteiger partial charge in [0.2, 0.25) is 10.0 Å². The molecule has 6 nitrogen and oxygen atoms in total. The van der Waals surface area contributed by atoms with Crippen LogP contribution in [-0.2, 0) is 10.0 Å². The van der Waals surface area contributed by atoms with Gasteiger partial charge in [-0.15, -0.1) is 0 Å². The molecule has 0 spiro atoms. The van der Waals surface area contributed by atoms with Gasteiger partial charge in [0.1, 0.15) is 0 Å². The van der Waals surface area contributed by atoms with Gasteiger partial charge in [0.05, 0.1) is 4.90 Å². The number of rotatable bonds is 5. The highest BCUT2D eigenvalue weighted by molar-refractivity contribution is 7.89. The Morgan fingerprint density at radius 3 is 2.33 bits per heavy atom. The molecule has 0 aromatic heterocycles. The predicted molar refractivity (Wildman–Crippen MR) is 83.9 cm³/mol. The van der Waals surface area contributed by atoms with Gasteiger partial charge in [0.25, 0.3) is 0 Å². The fourth-order valence-corrected chi connectivity index (χ4v) is 2.31. The standard InChI is InChI=1S/C14H23N3O3S/c1-9(2)11(4)16-14(18)17-13-8-12(7-6-10(13)3)21(19,20)15-5/h6-9,11,15H,1-5H3,(H2,16,17,18). The molecule has 118 valence electrons. The van der Waals surface area contributed by atoms with Crippen LogP contribution >= 0.6 is 0 Å². The first-order valence-corrected chi connectivity index (χ1v) is 8.27. The average molecular weight is 313 g/mol. The summed E-state index contributed by atoms with van der Waals surface area (Å²) in [6.45, 7) is 7.74. The zero-order valence-corrected chi connectivity index (χ0v) is 13.8. The Balaban J connectivity index is 2.93. The predicted octanol–water partition coefficient (Wildman–Crippen LogP) is 2.07. The van der Waals surface area contributed by atoms with E-state index in [0.717, 1.165) is 5.56 Å². The summed E-state index contributed by atoms with van der Waals surface area (Å²) < 4.78 is 25.8. The van der Waals surface area contributed by atoms with E-state index in [1.54, 1.807) is 13.0 Å². The largest absolute Gasteiger partial charge is 0.335 e. The monoisotopic (exact) mass is 313 g/mol. The lowest BCUT2D eigenvalue weighted by molar-refractivity contribution is 0.246. The average Bonchev–Trinajstić information content (AvgIpc) is 2.40. The van der Waals surface area contributed by atoms with Crippen LogP contribution in [0.1, 0.15) is 26.3 Å². The van der Waals surface area contributed by atoms with Crippen LogP contribution in [0.4, 0.5) is 10.5 Å². The molecule has 0 aliphatic heterocycles. The lowest BCUT2D eigenvalue weighted by Crippen LogP contribution is -2.39. The van der Waals surface area contributed by atoms with Crippen LogP contribution in [0.15, 0.2) is 23.1 Å². The highest BCUT2D eigenvalue weighted by Gasteiger charge is 2.15. The molecule has 7 heteroatoms. The first-order valence-electron chi connectivity index (χ1n) is 6.79. The molecule has 1 aromatic carbocycles. The van der Waals surface area contributed by atoms with E-state index in [1.807, 2.05) is 20.8 Å². The fraction of sp³-hybridized carbons (Fsp3) is 0.500. The Hall–Kier alpha value is -1.60. The van der Waals surface area contributed by atoms with Crippen molar-refractivity contribution in [3.63, 3.8) is 0 Å². The first-order chi connectivity index (χ1) is 9.67. The molecule has 0 bridgehead atoms. The van der Waals surface area contributed by atoms with Crippen molar-refractivity contribution in [3.8, 4) is 0 Å². The molecule has 0 fully saturated rings. The van der Waals surface area contributed by atoms with Gasteiger partial charge in [-0.25, -0.2) is 17.9 Å². The van der Waals surface area contributed by atoms with E-state index in [0.29, 0.717) is 11.6 Å². The van der Waals surface area contributed by atoms with Gasteiger partial charge >= 0.3 is 6.03 Å². The molecular formula is C14H23N3O3S. The summed E-state index contributed by atoms with van der Waals surface area (Å²) in [5.41, 5.74) is 1.26. The van der Waals surface area contributed by atoms with Crippen molar-refractivity contribution in [2.45, 2.75) is 38.6 Å². The van der Waals surface area contributed by atoms with Gasteiger partial charge in [-0.05, 0) is 44.5 Å². The van der Waals surface area contributed by atoms with Crippen molar-refractivity contribution in [2.75, 3.05) is 12.4 Å². The minimum absolute atomic E-state index is 0.0227. The summed E-state index contributed by atoms with van der Waals surface area (Å²) in [5, 5.41) is 5.50. The van der Waals surface area contributed by atoms with E-state index in [1.165, 1.54) is 19.2 Å². The second kappa shape index (κ2) is 6.91. The maximum atomic E-state index is 11.9. The van der Waals surface area contributed by atoms with Crippen molar-refractivity contribution in [2.24, 2.45) is 5.92 Å². The number of carbonyl (C=O) groups is 1. The normalized spacial score (nSPS) is 13.0. The summed E-state index contributed by atoms with van der Waals surface area (Å²) in [4.78, 5) is 12.0. The number of hydrogen-bond donors (Lipinski definition) is 3. The lowest BCUT2D eigenvalue weighted by Gasteiger charge is -2.18. The number of sulfonamides is 1. The number of amides is 2. The van der Waals surface area contributed by atoms with Crippen LogP contribution in [0.3, 0.4) is 0 Å². The molecule has 1 atom stereocenters. The van der Waals surface area contributed by atoms with Gasteiger partial charge in [-0.1, -0.05) is 19.9 Å². The second-order valence-electron chi connectivity index (χ2n) is 5.32. The third kappa shape index (κ3) is 4.71. The lowest BCUT2D eigenvalue weighted by atomic mass is 10.1. The Bertz CT molecular complexity index is 612. The number of carbonyl (C=O) groups excluding carboxylic acids is 1. The number of benzene rings is 1. The van der Waals surface area contributed by atoms with Crippen molar-refractivity contribution in [1.29, 1.82) is 0 Å². The molecule has 2 amide bonds. The summed E-state index contributed by atoms with van der Waals surface area (Å²) in [6.07, 6.45) is 0. The highest BCUT2D eigenvalue weighted by Crippen LogP contribution is 2.20. The van der Waals surface area contributed by atoms with Crippen LogP contribution in [0, 0.1) is 12.8 Å². The molecule has 0 aliphatic rings. The summed E-state index contributed by atoms with van der Waals surface area (Å²) >= 11 is 0. The Kier molecular flexibility index (Phi) is 5.74. The molecule has 1 aromatic rings. The SMILES string of the molecule is CNS(=O)(=O)c1ccc(C)c(NC(=O)NC(C)C(C)C)c1. The molecule has 21 heavy (non-hydrogen) atoms. The van der Waals surface area contributed by atoms with Gasteiger partial charge in [-0.2, -0.15) is 0 Å². The van der Waals surface area contributed by atoms with E-state index in [9.17, 15) is 13.2 Å². The zero-order chi connectivity index (χ0) is 16.2. The third-order valence-electron chi connectivity index (χ3n) is 3.40. The molecule has 0 aliphatic carbocycles. The van der Waals surface area contributed by atoms with Crippen molar-refractivity contribution in [3.05, 3.63) is 23.8 Å². The van der Waals surface area contributed by atoms with Crippen LogP contribution in [0.2, 0.25) is 0 Å². The Morgan fingerprint density at radius 1 is 1.19 bits per heavy atom. The maximum absolute atomic E-state index is 11.9. The van der Waals surface area contributed by atoms with Crippen molar-refractivity contribution >= 4 is 21.7 Å². The molecule has 1 rings (SSSR count). The first kappa shape index (κ1) is 17.5. The number of aryl methyl sites for hydroxylation is 1. The second-order valence-corrected chi connectivity index (χ2v) is 7.20. The van der Waals surface area contributed by atoms with Crippen LogP contribution in [0.5, 0.6) is 0 Å². The van der Waals surface area contributed by atoms with Crippen LogP contribution in [-0.4, -0.2) is 27.5 Å². The topological polar surface area (TPSA) is 87.3 Å². The van der Waals surface area contributed by atoms with E-state index in [2.05, 4.69) is 15.4 Å². The highest BCUT2D eigenvalue weighted by atomic mass is 32.2. The molecule has 0 radical (unpaired) electrons. The molecule has 1 unspecified atom stereocenters. The van der Waals surface area contributed by atoms with Gasteiger partial charge in [-0.3, -0.25) is 0 Å². The van der Waals surface area contributed by atoms with Crippen LogP contribution < -0.4 is 15.4 Å². The molecule has 0 heterocycles.